The molecule has 0 aliphatic carbocycles. The van der Waals surface area contributed by atoms with Gasteiger partial charge in [0.2, 0.25) is 0 Å². The molecule has 1 aromatic rings. The van der Waals surface area contributed by atoms with Crippen LogP contribution in [0.3, 0.4) is 0 Å². The van der Waals surface area contributed by atoms with Crippen LogP contribution in [0.5, 0.6) is 0 Å². The highest BCUT2D eigenvalue weighted by atomic mass is 16.2. The molecule has 0 unspecified atom stereocenters. The molecule has 0 aromatic carbocycles. The summed E-state index contributed by atoms with van der Waals surface area (Å²) in [6, 6.07) is -0.230. The maximum atomic E-state index is 11.6. The lowest BCUT2D eigenvalue weighted by atomic mass is 10.2. The minimum absolute atomic E-state index is 0.208. The molecule has 1 amide bonds. The number of rotatable bonds is 3. The number of nitrogens with one attached hydrogen (secondary N) is 4. The van der Waals surface area contributed by atoms with Crippen molar-refractivity contribution in [1.29, 1.82) is 0 Å². The van der Waals surface area contributed by atoms with Gasteiger partial charge in [-0.25, -0.2) is 10.2 Å². The molecule has 1 fully saturated rings. The predicted molar refractivity (Wildman–Crippen MR) is 69.2 cm³/mol. The van der Waals surface area contributed by atoms with Gasteiger partial charge >= 0.3 is 5.69 Å². The van der Waals surface area contributed by atoms with Crippen molar-refractivity contribution in [3.63, 3.8) is 0 Å². The molecule has 4 N–H and O–H groups in total. The first-order chi connectivity index (χ1) is 9.08. The van der Waals surface area contributed by atoms with Crippen LogP contribution in [0.4, 0.5) is 0 Å². The molecular formula is C11H15N5O3. The Morgan fingerprint density at radius 1 is 1.42 bits per heavy atom. The van der Waals surface area contributed by atoms with Crippen molar-refractivity contribution in [2.24, 2.45) is 5.10 Å². The lowest BCUT2D eigenvalue weighted by Gasteiger charge is -2.06. The molecular weight excluding hydrogens is 250 g/mol. The molecule has 0 spiro atoms. The van der Waals surface area contributed by atoms with Crippen molar-refractivity contribution in [2.75, 3.05) is 6.54 Å². The summed E-state index contributed by atoms with van der Waals surface area (Å²) in [5.41, 5.74) is 1.85. The summed E-state index contributed by atoms with van der Waals surface area (Å²) in [6.07, 6.45) is 2.96. The first-order valence-electron chi connectivity index (χ1n) is 5.97. The Hall–Kier alpha value is -2.22. The van der Waals surface area contributed by atoms with E-state index in [-0.39, 0.29) is 17.5 Å². The van der Waals surface area contributed by atoms with E-state index in [0.29, 0.717) is 5.69 Å². The van der Waals surface area contributed by atoms with Crippen molar-refractivity contribution in [3.8, 4) is 0 Å². The van der Waals surface area contributed by atoms with E-state index in [1.165, 1.54) is 6.21 Å². The average molecular weight is 265 g/mol. The fraction of sp³-hybridized carbons (Fsp3) is 0.455. The van der Waals surface area contributed by atoms with Crippen LogP contribution >= 0.6 is 0 Å². The van der Waals surface area contributed by atoms with E-state index in [1.54, 1.807) is 6.92 Å². The van der Waals surface area contributed by atoms with Gasteiger partial charge in [0.1, 0.15) is 0 Å². The minimum Gasteiger partial charge on any atom is -0.311 e. The Morgan fingerprint density at radius 3 is 2.84 bits per heavy atom. The van der Waals surface area contributed by atoms with Crippen LogP contribution in [0.1, 0.15) is 24.1 Å². The average Bonchev–Trinajstić information content (AvgIpc) is 2.85. The monoisotopic (exact) mass is 265 g/mol. The molecule has 1 saturated heterocycles. The number of amides is 1. The fourth-order valence-corrected chi connectivity index (χ4v) is 1.91. The first-order valence-corrected chi connectivity index (χ1v) is 5.97. The highest BCUT2D eigenvalue weighted by molar-refractivity contribution is 5.85. The molecule has 2 rings (SSSR count). The van der Waals surface area contributed by atoms with Gasteiger partial charge in [0, 0.05) is 5.69 Å². The standard InChI is InChI=1S/C11H15N5O3/c1-6-7(9(17)15-11(19)14-6)5-13-16-10(18)8-3-2-4-12-8/h5,8,12H,2-4H2,1H3,(H,16,18)(H2,14,15,17,19)/b13-5+/t8-/m0/s1. The molecule has 0 bridgehead atoms. The molecule has 1 aliphatic rings. The van der Waals surface area contributed by atoms with Gasteiger partial charge in [-0.15, -0.1) is 0 Å². The summed E-state index contributed by atoms with van der Waals surface area (Å²) < 4.78 is 0. The Labute approximate surface area is 108 Å². The predicted octanol–water partition coefficient (Wildman–Crippen LogP) is -1.43. The maximum absolute atomic E-state index is 11.6. The van der Waals surface area contributed by atoms with Crippen LogP contribution in [-0.4, -0.2) is 34.7 Å². The Bertz CT molecular complexity index is 609. The molecule has 2 heterocycles. The van der Waals surface area contributed by atoms with Crippen molar-refractivity contribution < 1.29 is 4.79 Å². The third-order valence-electron chi connectivity index (χ3n) is 2.92. The molecule has 1 atom stereocenters. The largest absolute Gasteiger partial charge is 0.325 e. The van der Waals surface area contributed by atoms with Crippen LogP contribution in [0.2, 0.25) is 0 Å². The zero-order valence-corrected chi connectivity index (χ0v) is 10.4. The summed E-state index contributed by atoms with van der Waals surface area (Å²) >= 11 is 0. The highest BCUT2D eigenvalue weighted by Crippen LogP contribution is 2.04. The third-order valence-corrected chi connectivity index (χ3v) is 2.92. The number of carbonyl (C=O) groups is 1. The molecule has 0 saturated carbocycles. The van der Waals surface area contributed by atoms with Gasteiger partial charge in [-0.3, -0.25) is 14.6 Å². The number of hydrogen-bond acceptors (Lipinski definition) is 5. The molecule has 0 radical (unpaired) electrons. The summed E-state index contributed by atoms with van der Waals surface area (Å²) in [4.78, 5) is 38.7. The highest BCUT2D eigenvalue weighted by Gasteiger charge is 2.21. The molecule has 8 nitrogen and oxygen atoms in total. The summed E-state index contributed by atoms with van der Waals surface area (Å²) in [5.74, 6) is -0.229. The van der Waals surface area contributed by atoms with Crippen molar-refractivity contribution >= 4 is 12.1 Å². The number of aromatic amines is 2. The number of H-pyrrole nitrogens is 2. The fourth-order valence-electron chi connectivity index (χ4n) is 1.91. The number of carbonyl (C=O) groups excluding carboxylic acids is 1. The first kappa shape index (κ1) is 13.2. The number of aryl methyl sites for hydroxylation is 1. The van der Waals surface area contributed by atoms with Crippen LogP contribution in [-0.2, 0) is 4.79 Å². The van der Waals surface area contributed by atoms with Gasteiger partial charge in [-0.2, -0.15) is 5.10 Å². The van der Waals surface area contributed by atoms with Crippen molar-refractivity contribution in [1.82, 2.24) is 20.7 Å². The van der Waals surface area contributed by atoms with Crippen molar-refractivity contribution in [3.05, 3.63) is 32.1 Å². The molecule has 1 aromatic heterocycles. The normalized spacial score (nSPS) is 18.9. The Morgan fingerprint density at radius 2 is 2.21 bits per heavy atom. The molecule has 102 valence electrons. The van der Waals surface area contributed by atoms with Crippen LogP contribution in [0, 0.1) is 6.92 Å². The zero-order chi connectivity index (χ0) is 13.8. The number of hydrazone groups is 1. The van der Waals surface area contributed by atoms with E-state index >= 15 is 0 Å². The number of nitrogens with zero attached hydrogens (tertiary/aromatic N) is 1. The summed E-state index contributed by atoms with van der Waals surface area (Å²) in [5, 5.41) is 6.76. The minimum atomic E-state index is -0.571. The van der Waals surface area contributed by atoms with Gasteiger partial charge < -0.3 is 10.3 Å². The van der Waals surface area contributed by atoms with E-state index in [4.69, 9.17) is 0 Å². The van der Waals surface area contributed by atoms with E-state index in [2.05, 4.69) is 25.8 Å². The second kappa shape index (κ2) is 5.61. The number of aromatic nitrogens is 2. The lowest BCUT2D eigenvalue weighted by molar-refractivity contribution is -0.122. The summed E-state index contributed by atoms with van der Waals surface area (Å²) in [7, 11) is 0. The molecule has 8 heteroatoms. The Balaban J connectivity index is 2.05. The second-order valence-corrected chi connectivity index (χ2v) is 4.33. The Kier molecular flexibility index (Phi) is 3.91. The van der Waals surface area contributed by atoms with Gasteiger partial charge in [0.05, 0.1) is 17.8 Å². The van der Waals surface area contributed by atoms with E-state index in [9.17, 15) is 14.4 Å². The molecule has 1 aliphatic heterocycles. The molecule has 19 heavy (non-hydrogen) atoms. The van der Waals surface area contributed by atoms with Crippen LogP contribution in [0.25, 0.3) is 0 Å². The van der Waals surface area contributed by atoms with E-state index in [0.717, 1.165) is 19.4 Å². The van der Waals surface area contributed by atoms with Gasteiger partial charge in [-0.1, -0.05) is 0 Å². The third kappa shape index (κ3) is 3.16. The summed E-state index contributed by atoms with van der Waals surface area (Å²) in [6.45, 7) is 2.40. The lowest BCUT2D eigenvalue weighted by Crippen LogP contribution is -2.38. The van der Waals surface area contributed by atoms with Gasteiger partial charge in [0.15, 0.2) is 0 Å². The second-order valence-electron chi connectivity index (χ2n) is 4.33. The van der Waals surface area contributed by atoms with Crippen LogP contribution in [0.15, 0.2) is 14.7 Å². The van der Waals surface area contributed by atoms with E-state index in [1.807, 2.05) is 0 Å². The number of hydrogen-bond donors (Lipinski definition) is 4. The topological polar surface area (TPSA) is 119 Å². The zero-order valence-electron chi connectivity index (χ0n) is 10.4. The quantitative estimate of drug-likeness (QED) is 0.396. The SMILES string of the molecule is Cc1[nH]c(=O)[nH]c(=O)c1/C=N/NC(=O)[C@@H]1CCCN1. The maximum Gasteiger partial charge on any atom is 0.325 e. The van der Waals surface area contributed by atoms with Gasteiger partial charge in [-0.05, 0) is 26.3 Å². The van der Waals surface area contributed by atoms with Crippen molar-refractivity contribution in [2.45, 2.75) is 25.8 Å². The van der Waals surface area contributed by atoms with Gasteiger partial charge in [0.25, 0.3) is 11.5 Å². The van der Waals surface area contributed by atoms with Crippen LogP contribution < -0.4 is 22.0 Å². The van der Waals surface area contributed by atoms with E-state index < -0.39 is 11.2 Å². The smallest absolute Gasteiger partial charge is 0.311 e.